The van der Waals surface area contributed by atoms with Gasteiger partial charge in [-0.2, -0.15) is 0 Å². The second-order valence-corrected chi connectivity index (χ2v) is 5.68. The third-order valence-corrected chi connectivity index (χ3v) is 3.79. The Kier molecular flexibility index (Phi) is 5.50. The molecule has 2 amide bonds. The van der Waals surface area contributed by atoms with Crippen LogP contribution in [0.15, 0.2) is 22.7 Å². The van der Waals surface area contributed by atoms with E-state index in [-0.39, 0.29) is 12.1 Å². The zero-order valence-electron chi connectivity index (χ0n) is 13.6. The first-order valence-corrected chi connectivity index (χ1v) is 7.59. The van der Waals surface area contributed by atoms with E-state index in [0.717, 1.165) is 16.8 Å². The average Bonchev–Trinajstić information content (AvgIpc) is 2.84. The van der Waals surface area contributed by atoms with E-state index >= 15 is 0 Å². The average molecular weight is 338 g/mol. The topological polar surface area (TPSA) is 76.4 Å². The highest BCUT2D eigenvalue weighted by molar-refractivity contribution is 6.30. The molecule has 124 valence electrons. The van der Waals surface area contributed by atoms with Crippen LogP contribution in [-0.2, 0) is 6.54 Å². The van der Waals surface area contributed by atoms with Crippen molar-refractivity contribution in [1.82, 2.24) is 15.8 Å². The second kappa shape index (κ2) is 7.37. The van der Waals surface area contributed by atoms with E-state index in [1.165, 1.54) is 0 Å². The molecule has 0 bridgehead atoms. The van der Waals surface area contributed by atoms with E-state index in [2.05, 4.69) is 15.8 Å². The lowest BCUT2D eigenvalue weighted by molar-refractivity contribution is 0.237. The summed E-state index contributed by atoms with van der Waals surface area (Å²) in [6, 6.07) is 4.80. The fourth-order valence-corrected chi connectivity index (χ4v) is 2.63. The lowest BCUT2D eigenvalue weighted by Crippen LogP contribution is -2.37. The molecule has 0 fully saturated rings. The lowest BCUT2D eigenvalue weighted by atomic mass is 10.1. The van der Waals surface area contributed by atoms with E-state index < -0.39 is 0 Å². The summed E-state index contributed by atoms with van der Waals surface area (Å²) in [6.45, 7) is 5.89. The number of halogens is 1. The summed E-state index contributed by atoms with van der Waals surface area (Å²) in [5, 5.41) is 10.1. The number of nitrogens with one attached hydrogen (secondary N) is 2. The molecule has 23 heavy (non-hydrogen) atoms. The van der Waals surface area contributed by atoms with Crippen LogP contribution in [0.2, 0.25) is 5.02 Å². The zero-order valence-corrected chi connectivity index (χ0v) is 14.3. The number of rotatable bonds is 5. The number of nitrogens with zero attached hydrogens (tertiary/aromatic N) is 1. The van der Waals surface area contributed by atoms with Gasteiger partial charge in [-0.05, 0) is 32.9 Å². The summed E-state index contributed by atoms with van der Waals surface area (Å²) in [5.41, 5.74) is 2.51. The van der Waals surface area contributed by atoms with Gasteiger partial charge in [-0.3, -0.25) is 0 Å². The Hall–Kier alpha value is -2.21. The van der Waals surface area contributed by atoms with Gasteiger partial charge in [0.05, 0.1) is 18.8 Å². The Morgan fingerprint density at radius 2 is 2.17 bits per heavy atom. The Morgan fingerprint density at radius 3 is 2.78 bits per heavy atom. The molecule has 0 aliphatic carbocycles. The maximum Gasteiger partial charge on any atom is 0.315 e. The van der Waals surface area contributed by atoms with E-state index in [0.29, 0.717) is 23.1 Å². The molecular weight excluding hydrogens is 318 g/mol. The summed E-state index contributed by atoms with van der Waals surface area (Å²) in [6.07, 6.45) is 0. The quantitative estimate of drug-likeness (QED) is 0.875. The Labute approximate surface area is 140 Å². The predicted molar refractivity (Wildman–Crippen MR) is 87.8 cm³/mol. The minimum atomic E-state index is -0.283. The summed E-state index contributed by atoms with van der Waals surface area (Å²) < 4.78 is 10.4. The van der Waals surface area contributed by atoms with E-state index in [1.807, 2.05) is 26.8 Å². The second-order valence-electron chi connectivity index (χ2n) is 5.24. The van der Waals surface area contributed by atoms with Crippen molar-refractivity contribution < 1.29 is 14.1 Å². The number of carbonyl (C=O) groups excluding carboxylic acids is 1. The number of ether oxygens (including phenoxy) is 1. The van der Waals surface area contributed by atoms with Crippen molar-refractivity contribution >= 4 is 17.6 Å². The van der Waals surface area contributed by atoms with Gasteiger partial charge in [-0.15, -0.1) is 0 Å². The van der Waals surface area contributed by atoms with Crippen LogP contribution < -0.4 is 15.4 Å². The van der Waals surface area contributed by atoms with Gasteiger partial charge < -0.3 is 19.9 Å². The minimum Gasteiger partial charge on any atom is -0.496 e. The molecule has 2 rings (SSSR count). The van der Waals surface area contributed by atoms with Crippen molar-refractivity contribution in [1.29, 1.82) is 0 Å². The molecule has 1 aromatic heterocycles. The Balaban J connectivity index is 1.95. The van der Waals surface area contributed by atoms with Crippen LogP contribution in [0.5, 0.6) is 5.75 Å². The number of urea groups is 1. The molecule has 1 aromatic carbocycles. The van der Waals surface area contributed by atoms with Gasteiger partial charge in [0, 0.05) is 22.7 Å². The molecule has 6 nitrogen and oxygen atoms in total. The van der Waals surface area contributed by atoms with Crippen LogP contribution in [0, 0.1) is 13.8 Å². The normalized spacial score (nSPS) is 11.9. The number of hydrogen-bond acceptors (Lipinski definition) is 4. The Bertz CT molecular complexity index is 680. The first-order valence-electron chi connectivity index (χ1n) is 7.22. The van der Waals surface area contributed by atoms with Crippen LogP contribution in [0.25, 0.3) is 0 Å². The van der Waals surface area contributed by atoms with Crippen molar-refractivity contribution in [2.24, 2.45) is 0 Å². The number of amides is 2. The smallest absolute Gasteiger partial charge is 0.315 e. The monoisotopic (exact) mass is 337 g/mol. The number of benzene rings is 1. The molecule has 7 heteroatoms. The van der Waals surface area contributed by atoms with Gasteiger partial charge in [-0.25, -0.2) is 4.79 Å². The van der Waals surface area contributed by atoms with Gasteiger partial charge >= 0.3 is 6.03 Å². The van der Waals surface area contributed by atoms with Crippen molar-refractivity contribution in [3.63, 3.8) is 0 Å². The molecule has 0 spiro atoms. The highest BCUT2D eigenvalue weighted by atomic mass is 35.5. The van der Waals surface area contributed by atoms with Crippen LogP contribution in [0.3, 0.4) is 0 Å². The first kappa shape index (κ1) is 17.1. The number of methoxy groups -OCH3 is 1. The van der Waals surface area contributed by atoms with Gasteiger partial charge in [0.1, 0.15) is 11.5 Å². The van der Waals surface area contributed by atoms with Crippen LogP contribution >= 0.6 is 11.6 Å². The van der Waals surface area contributed by atoms with Crippen LogP contribution in [-0.4, -0.2) is 18.3 Å². The van der Waals surface area contributed by atoms with Gasteiger partial charge in [-0.1, -0.05) is 22.8 Å². The highest BCUT2D eigenvalue weighted by Crippen LogP contribution is 2.23. The molecule has 0 aliphatic rings. The van der Waals surface area contributed by atoms with Crippen LogP contribution in [0.4, 0.5) is 4.79 Å². The molecule has 0 saturated heterocycles. The van der Waals surface area contributed by atoms with Crippen molar-refractivity contribution in [2.45, 2.75) is 33.4 Å². The lowest BCUT2D eigenvalue weighted by Gasteiger charge is -2.15. The molecule has 2 N–H and O–H groups in total. The van der Waals surface area contributed by atoms with Gasteiger partial charge in [0.25, 0.3) is 0 Å². The summed E-state index contributed by atoms with van der Waals surface area (Å²) >= 11 is 5.92. The van der Waals surface area contributed by atoms with Crippen molar-refractivity contribution in [2.75, 3.05) is 7.11 Å². The zero-order chi connectivity index (χ0) is 17.0. The first-order chi connectivity index (χ1) is 10.9. The molecule has 2 aromatic rings. The maximum atomic E-state index is 12.1. The minimum absolute atomic E-state index is 0.201. The molecule has 0 saturated carbocycles. The molecule has 0 radical (unpaired) electrons. The standard InChI is InChI=1S/C16H20ClN3O3/c1-9(15-10(2)20-23-11(15)3)19-16(21)18-8-12-5-6-13(17)7-14(12)22-4/h5-7,9H,8H2,1-4H3,(H2,18,19,21)/t9-/m1/s1. The summed E-state index contributed by atoms with van der Waals surface area (Å²) in [5.74, 6) is 1.34. The number of hydrogen-bond donors (Lipinski definition) is 2. The molecular formula is C16H20ClN3O3. The summed E-state index contributed by atoms with van der Waals surface area (Å²) in [7, 11) is 1.56. The van der Waals surface area contributed by atoms with Crippen LogP contribution in [0.1, 0.15) is 35.5 Å². The molecule has 0 aliphatic heterocycles. The predicted octanol–water partition coefficient (Wildman–Crippen LogP) is 3.51. The van der Waals surface area contributed by atoms with E-state index in [9.17, 15) is 4.79 Å². The number of aromatic nitrogens is 1. The molecule has 1 heterocycles. The molecule has 1 atom stereocenters. The van der Waals surface area contributed by atoms with E-state index in [4.69, 9.17) is 20.9 Å². The third-order valence-electron chi connectivity index (χ3n) is 3.56. The largest absolute Gasteiger partial charge is 0.496 e. The third kappa shape index (κ3) is 4.16. The number of carbonyl (C=O) groups is 1. The van der Waals surface area contributed by atoms with E-state index in [1.54, 1.807) is 19.2 Å². The maximum absolute atomic E-state index is 12.1. The summed E-state index contributed by atoms with van der Waals surface area (Å²) in [4.78, 5) is 12.1. The fraction of sp³-hybridized carbons (Fsp3) is 0.375. The van der Waals surface area contributed by atoms with Gasteiger partial charge in [0.15, 0.2) is 0 Å². The molecule has 0 unspecified atom stereocenters. The van der Waals surface area contributed by atoms with Crippen molar-refractivity contribution in [3.05, 3.63) is 45.8 Å². The highest BCUT2D eigenvalue weighted by Gasteiger charge is 2.18. The Morgan fingerprint density at radius 1 is 1.43 bits per heavy atom. The van der Waals surface area contributed by atoms with Crippen molar-refractivity contribution in [3.8, 4) is 5.75 Å². The SMILES string of the molecule is COc1cc(Cl)ccc1CNC(=O)N[C@H](C)c1c(C)noc1C. The number of aryl methyl sites for hydroxylation is 2. The van der Waals surface area contributed by atoms with Gasteiger partial charge in [0.2, 0.25) is 0 Å². The fourth-order valence-electron chi connectivity index (χ4n) is 2.47.